The van der Waals surface area contributed by atoms with Gasteiger partial charge in [-0.15, -0.1) is 0 Å². The lowest BCUT2D eigenvalue weighted by molar-refractivity contribution is -0.120. The highest BCUT2D eigenvalue weighted by atomic mass is 19.3. The van der Waals surface area contributed by atoms with Gasteiger partial charge in [0.2, 0.25) is 5.91 Å². The summed E-state index contributed by atoms with van der Waals surface area (Å²) < 4.78 is 33.8. The van der Waals surface area contributed by atoms with Crippen molar-refractivity contribution in [1.29, 1.82) is 0 Å². The molecule has 0 heterocycles. The molecule has 2 N–H and O–H groups in total. The van der Waals surface area contributed by atoms with Crippen LogP contribution in [0, 0.1) is 5.92 Å². The van der Waals surface area contributed by atoms with Crippen molar-refractivity contribution in [3.05, 3.63) is 23.8 Å². The Morgan fingerprint density at radius 3 is 2.58 bits per heavy atom. The van der Waals surface area contributed by atoms with Gasteiger partial charge in [-0.05, 0) is 43.9 Å². The summed E-state index contributed by atoms with van der Waals surface area (Å²) >= 11 is 0. The van der Waals surface area contributed by atoms with E-state index in [0.717, 1.165) is 12.8 Å². The van der Waals surface area contributed by atoms with Crippen LogP contribution in [0.2, 0.25) is 0 Å². The zero-order valence-electron chi connectivity index (χ0n) is 13.5. The first kappa shape index (κ1) is 18.0. The van der Waals surface area contributed by atoms with Gasteiger partial charge in [0.05, 0.1) is 13.7 Å². The van der Waals surface area contributed by atoms with E-state index in [-0.39, 0.29) is 35.6 Å². The molecule has 0 aromatic heterocycles. The van der Waals surface area contributed by atoms with Gasteiger partial charge in [-0.25, -0.2) is 0 Å². The number of rotatable bonds is 8. The topological polar surface area (TPSA) is 76.7 Å². The SMILES string of the molecule is COc1cc(C(=O)NCC(=O)NC(C)C2CC2)ccc1OC(F)F. The van der Waals surface area contributed by atoms with Crippen molar-refractivity contribution in [3.8, 4) is 11.5 Å². The summed E-state index contributed by atoms with van der Waals surface area (Å²) in [5.41, 5.74) is 0.177. The number of carbonyl (C=O) groups excluding carboxylic acids is 2. The molecule has 132 valence electrons. The molecule has 1 fully saturated rings. The van der Waals surface area contributed by atoms with E-state index in [1.165, 1.54) is 25.3 Å². The fourth-order valence-electron chi connectivity index (χ4n) is 2.28. The third kappa shape index (κ3) is 5.07. The minimum Gasteiger partial charge on any atom is -0.493 e. The summed E-state index contributed by atoms with van der Waals surface area (Å²) in [6, 6.07) is 3.91. The summed E-state index contributed by atoms with van der Waals surface area (Å²) in [4.78, 5) is 23.8. The van der Waals surface area contributed by atoms with Crippen LogP contribution in [0.25, 0.3) is 0 Å². The molecular weight excluding hydrogens is 322 g/mol. The molecule has 0 saturated heterocycles. The van der Waals surface area contributed by atoms with Gasteiger partial charge in [0.1, 0.15) is 0 Å². The highest BCUT2D eigenvalue weighted by molar-refractivity contribution is 5.97. The monoisotopic (exact) mass is 342 g/mol. The molecule has 1 saturated carbocycles. The van der Waals surface area contributed by atoms with Crippen LogP contribution in [0.15, 0.2) is 18.2 Å². The molecule has 2 rings (SSSR count). The van der Waals surface area contributed by atoms with Crippen LogP contribution in [0.5, 0.6) is 11.5 Å². The molecule has 1 unspecified atom stereocenters. The molecule has 24 heavy (non-hydrogen) atoms. The lowest BCUT2D eigenvalue weighted by atomic mass is 10.2. The van der Waals surface area contributed by atoms with Gasteiger partial charge in [-0.2, -0.15) is 8.78 Å². The zero-order chi connectivity index (χ0) is 17.7. The largest absolute Gasteiger partial charge is 0.493 e. The molecule has 0 spiro atoms. The maximum absolute atomic E-state index is 12.3. The Labute approximate surface area is 138 Å². The van der Waals surface area contributed by atoms with E-state index in [9.17, 15) is 18.4 Å². The standard InChI is InChI=1S/C16H20F2N2O4/c1-9(10-3-4-10)20-14(21)8-19-15(22)11-5-6-12(24-16(17)18)13(7-11)23-2/h5-7,9-10,16H,3-4,8H2,1-2H3,(H,19,22)(H,20,21). The normalized spacial score (nSPS) is 14.9. The highest BCUT2D eigenvalue weighted by Crippen LogP contribution is 2.32. The van der Waals surface area contributed by atoms with Crippen LogP contribution in [-0.4, -0.2) is 38.1 Å². The molecule has 1 aliphatic rings. The minimum absolute atomic E-state index is 0.00903. The maximum Gasteiger partial charge on any atom is 0.387 e. The van der Waals surface area contributed by atoms with E-state index < -0.39 is 12.5 Å². The van der Waals surface area contributed by atoms with Crippen molar-refractivity contribution in [2.75, 3.05) is 13.7 Å². The van der Waals surface area contributed by atoms with E-state index >= 15 is 0 Å². The van der Waals surface area contributed by atoms with Crippen LogP contribution >= 0.6 is 0 Å². The van der Waals surface area contributed by atoms with Gasteiger partial charge in [0.15, 0.2) is 11.5 Å². The maximum atomic E-state index is 12.3. The number of benzene rings is 1. The number of hydrogen-bond acceptors (Lipinski definition) is 4. The number of carbonyl (C=O) groups is 2. The first-order valence-corrected chi connectivity index (χ1v) is 7.61. The van der Waals surface area contributed by atoms with Gasteiger partial charge in [-0.1, -0.05) is 0 Å². The molecule has 6 nitrogen and oxygen atoms in total. The van der Waals surface area contributed by atoms with Crippen molar-refractivity contribution in [1.82, 2.24) is 10.6 Å². The first-order chi connectivity index (χ1) is 11.4. The summed E-state index contributed by atoms with van der Waals surface area (Å²) in [5.74, 6) is -0.412. The van der Waals surface area contributed by atoms with Crippen molar-refractivity contribution >= 4 is 11.8 Å². The number of methoxy groups -OCH3 is 1. The summed E-state index contributed by atoms with van der Waals surface area (Å²) in [7, 11) is 1.28. The molecule has 1 aliphatic carbocycles. The number of nitrogens with one attached hydrogen (secondary N) is 2. The van der Waals surface area contributed by atoms with Crippen molar-refractivity contribution in [2.24, 2.45) is 5.92 Å². The number of ether oxygens (including phenoxy) is 2. The second-order valence-electron chi connectivity index (χ2n) is 5.62. The molecule has 0 radical (unpaired) electrons. The Morgan fingerprint density at radius 2 is 2.00 bits per heavy atom. The minimum atomic E-state index is -2.99. The second-order valence-corrected chi connectivity index (χ2v) is 5.62. The second kappa shape index (κ2) is 7.94. The van der Waals surface area contributed by atoms with Crippen LogP contribution in [-0.2, 0) is 4.79 Å². The van der Waals surface area contributed by atoms with Crippen LogP contribution in [0.1, 0.15) is 30.1 Å². The molecule has 8 heteroatoms. The van der Waals surface area contributed by atoms with Crippen LogP contribution < -0.4 is 20.1 Å². The molecule has 0 aliphatic heterocycles. The third-order valence-corrected chi connectivity index (χ3v) is 3.77. The number of halogens is 2. The summed E-state index contributed by atoms with van der Waals surface area (Å²) in [6.45, 7) is -1.21. The van der Waals surface area contributed by atoms with Crippen LogP contribution in [0.3, 0.4) is 0 Å². The van der Waals surface area contributed by atoms with Gasteiger partial charge in [-0.3, -0.25) is 9.59 Å². The highest BCUT2D eigenvalue weighted by Gasteiger charge is 2.28. The molecule has 1 aromatic carbocycles. The van der Waals surface area contributed by atoms with Crippen molar-refractivity contribution in [3.63, 3.8) is 0 Å². The lowest BCUT2D eigenvalue weighted by Gasteiger charge is -2.14. The predicted octanol–water partition coefficient (Wildman–Crippen LogP) is 1.94. The average Bonchev–Trinajstić information content (AvgIpc) is 3.37. The van der Waals surface area contributed by atoms with E-state index in [2.05, 4.69) is 15.4 Å². The zero-order valence-corrected chi connectivity index (χ0v) is 13.5. The number of amides is 2. The van der Waals surface area contributed by atoms with Gasteiger partial charge < -0.3 is 20.1 Å². The van der Waals surface area contributed by atoms with Gasteiger partial charge >= 0.3 is 6.61 Å². The number of hydrogen-bond donors (Lipinski definition) is 2. The Hall–Kier alpha value is -2.38. The molecule has 2 amide bonds. The smallest absolute Gasteiger partial charge is 0.387 e. The Bertz CT molecular complexity index is 606. The van der Waals surface area contributed by atoms with Gasteiger partial charge in [0.25, 0.3) is 5.91 Å². The molecular formula is C16H20F2N2O4. The summed E-state index contributed by atoms with van der Waals surface area (Å²) in [6.07, 6.45) is 2.22. The van der Waals surface area contributed by atoms with Crippen molar-refractivity contribution < 1.29 is 27.8 Å². The van der Waals surface area contributed by atoms with Crippen molar-refractivity contribution in [2.45, 2.75) is 32.4 Å². The number of alkyl halides is 2. The fourth-order valence-corrected chi connectivity index (χ4v) is 2.28. The average molecular weight is 342 g/mol. The Balaban J connectivity index is 1.90. The predicted molar refractivity (Wildman–Crippen MR) is 82.3 cm³/mol. The first-order valence-electron chi connectivity index (χ1n) is 7.61. The van der Waals surface area contributed by atoms with Gasteiger partial charge in [0, 0.05) is 11.6 Å². The van der Waals surface area contributed by atoms with E-state index in [1.54, 1.807) is 0 Å². The quantitative estimate of drug-likeness (QED) is 0.757. The summed E-state index contributed by atoms with van der Waals surface area (Å²) in [5, 5.41) is 5.30. The van der Waals surface area contributed by atoms with E-state index in [4.69, 9.17) is 4.74 Å². The van der Waals surface area contributed by atoms with E-state index in [1.807, 2.05) is 6.92 Å². The molecule has 1 atom stereocenters. The Kier molecular flexibility index (Phi) is 5.94. The van der Waals surface area contributed by atoms with E-state index in [0.29, 0.717) is 5.92 Å². The molecule has 1 aromatic rings. The third-order valence-electron chi connectivity index (χ3n) is 3.77. The lowest BCUT2D eigenvalue weighted by Crippen LogP contribution is -2.41. The molecule has 0 bridgehead atoms. The van der Waals surface area contributed by atoms with Crippen LogP contribution in [0.4, 0.5) is 8.78 Å². The fraction of sp³-hybridized carbons (Fsp3) is 0.500. The Morgan fingerprint density at radius 1 is 1.29 bits per heavy atom.